The molecule has 23 heavy (non-hydrogen) atoms. The minimum Gasteiger partial charge on any atom is -0.489 e. The summed E-state index contributed by atoms with van der Waals surface area (Å²) in [5, 5.41) is 4.03. The van der Waals surface area contributed by atoms with E-state index in [9.17, 15) is 4.79 Å². The molecule has 0 atom stereocenters. The molecular weight excluding hydrogens is 310 g/mol. The smallest absolute Gasteiger partial charge is 0.254 e. The molecule has 6 heteroatoms. The fourth-order valence-corrected chi connectivity index (χ4v) is 3.21. The largest absolute Gasteiger partial charge is 0.489 e. The Hall–Kier alpha value is -1.53. The van der Waals surface area contributed by atoms with Gasteiger partial charge in [0.25, 0.3) is 5.91 Å². The van der Waals surface area contributed by atoms with Crippen LogP contribution in [0.2, 0.25) is 0 Å². The number of nitrogens with one attached hydrogen (secondary N) is 1. The Morgan fingerprint density at radius 3 is 2.65 bits per heavy atom. The molecule has 1 amide bonds. The van der Waals surface area contributed by atoms with Crippen LogP contribution in [0.1, 0.15) is 24.8 Å². The molecule has 2 fully saturated rings. The van der Waals surface area contributed by atoms with E-state index in [2.05, 4.69) is 15.4 Å². The van der Waals surface area contributed by atoms with Crippen LogP contribution in [0.15, 0.2) is 29.4 Å². The Labute approximate surface area is 141 Å². The standard InChI is InChI=1S/C17H23N3O2S/c21-17(11-20-8-2-1-3-9-20)19-18-10-14-4-6-15(7-5-14)22-16-12-23-13-16/h4-7,10,16H,1-3,8-9,11-13H2,(H,19,21)/b18-10+. The first-order valence-electron chi connectivity index (χ1n) is 8.18. The number of amides is 1. The Kier molecular flexibility index (Phi) is 5.93. The maximum absolute atomic E-state index is 11.8. The predicted molar refractivity (Wildman–Crippen MR) is 94.2 cm³/mol. The number of hydrazone groups is 1. The maximum Gasteiger partial charge on any atom is 0.254 e. The number of nitrogens with zero attached hydrogens (tertiary/aromatic N) is 2. The van der Waals surface area contributed by atoms with Gasteiger partial charge in [-0.05, 0) is 55.8 Å². The van der Waals surface area contributed by atoms with Crippen LogP contribution in [0.25, 0.3) is 0 Å². The van der Waals surface area contributed by atoms with Crippen LogP contribution in [0.4, 0.5) is 0 Å². The van der Waals surface area contributed by atoms with Gasteiger partial charge >= 0.3 is 0 Å². The first kappa shape index (κ1) is 16.3. The molecule has 2 saturated heterocycles. The van der Waals surface area contributed by atoms with Gasteiger partial charge in [0.2, 0.25) is 0 Å². The van der Waals surface area contributed by atoms with Gasteiger partial charge in [-0.3, -0.25) is 9.69 Å². The zero-order valence-corrected chi connectivity index (χ0v) is 14.1. The first-order chi connectivity index (χ1) is 11.3. The summed E-state index contributed by atoms with van der Waals surface area (Å²) in [6, 6.07) is 7.78. The highest BCUT2D eigenvalue weighted by Gasteiger charge is 2.19. The molecule has 0 bridgehead atoms. The Bertz CT molecular complexity index is 537. The van der Waals surface area contributed by atoms with Gasteiger partial charge in [0.15, 0.2) is 0 Å². The zero-order chi connectivity index (χ0) is 15.9. The summed E-state index contributed by atoms with van der Waals surface area (Å²) in [6.45, 7) is 2.46. The van der Waals surface area contributed by atoms with E-state index in [1.807, 2.05) is 36.0 Å². The van der Waals surface area contributed by atoms with E-state index in [1.54, 1.807) is 6.21 Å². The number of carbonyl (C=O) groups excluding carboxylic acids is 1. The van der Waals surface area contributed by atoms with Crippen molar-refractivity contribution in [3.8, 4) is 5.75 Å². The number of piperidine rings is 1. The lowest BCUT2D eigenvalue weighted by Crippen LogP contribution is -2.38. The van der Waals surface area contributed by atoms with E-state index < -0.39 is 0 Å². The highest BCUT2D eigenvalue weighted by molar-refractivity contribution is 8.00. The molecule has 1 N–H and O–H groups in total. The molecular formula is C17H23N3O2S. The summed E-state index contributed by atoms with van der Waals surface area (Å²) in [6.07, 6.45) is 5.66. The molecule has 1 aromatic rings. The number of likely N-dealkylation sites (tertiary alicyclic amines) is 1. The van der Waals surface area contributed by atoms with Gasteiger partial charge in [-0.2, -0.15) is 16.9 Å². The second-order valence-electron chi connectivity index (χ2n) is 5.98. The summed E-state index contributed by atoms with van der Waals surface area (Å²) in [5.41, 5.74) is 3.54. The van der Waals surface area contributed by atoms with Crippen molar-refractivity contribution in [2.24, 2.45) is 5.10 Å². The van der Waals surface area contributed by atoms with Crippen molar-refractivity contribution in [1.29, 1.82) is 0 Å². The minimum absolute atomic E-state index is 0.0504. The van der Waals surface area contributed by atoms with E-state index in [-0.39, 0.29) is 5.91 Å². The normalized spacial score (nSPS) is 19.5. The Morgan fingerprint density at radius 1 is 1.26 bits per heavy atom. The monoisotopic (exact) mass is 333 g/mol. The minimum atomic E-state index is -0.0504. The lowest BCUT2D eigenvalue weighted by molar-refractivity contribution is -0.122. The van der Waals surface area contributed by atoms with Crippen LogP contribution in [0.3, 0.4) is 0 Å². The van der Waals surface area contributed by atoms with E-state index >= 15 is 0 Å². The summed E-state index contributed by atoms with van der Waals surface area (Å²) in [5.74, 6) is 2.99. The van der Waals surface area contributed by atoms with Gasteiger partial charge in [0, 0.05) is 11.5 Å². The molecule has 0 radical (unpaired) electrons. The first-order valence-corrected chi connectivity index (χ1v) is 9.34. The number of benzene rings is 1. The lowest BCUT2D eigenvalue weighted by atomic mass is 10.1. The molecule has 124 valence electrons. The van der Waals surface area contributed by atoms with Gasteiger partial charge < -0.3 is 4.74 Å². The summed E-state index contributed by atoms with van der Waals surface area (Å²) >= 11 is 1.90. The highest BCUT2D eigenvalue weighted by Crippen LogP contribution is 2.23. The third-order valence-corrected chi connectivity index (χ3v) is 5.22. The number of carbonyl (C=O) groups is 1. The van der Waals surface area contributed by atoms with Crippen LogP contribution < -0.4 is 10.2 Å². The van der Waals surface area contributed by atoms with Gasteiger partial charge in [-0.1, -0.05) is 6.42 Å². The summed E-state index contributed by atoms with van der Waals surface area (Å²) in [7, 11) is 0. The second kappa shape index (κ2) is 8.36. The maximum atomic E-state index is 11.8. The van der Waals surface area contributed by atoms with Crippen LogP contribution in [0, 0.1) is 0 Å². The second-order valence-corrected chi connectivity index (χ2v) is 7.05. The summed E-state index contributed by atoms with van der Waals surface area (Å²) < 4.78 is 5.79. The molecule has 0 aliphatic carbocycles. The van der Waals surface area contributed by atoms with E-state index in [0.717, 1.165) is 35.9 Å². The fourth-order valence-electron chi connectivity index (χ4n) is 2.64. The van der Waals surface area contributed by atoms with Gasteiger partial charge in [-0.25, -0.2) is 5.43 Å². The van der Waals surface area contributed by atoms with E-state index in [1.165, 1.54) is 19.3 Å². The lowest BCUT2D eigenvalue weighted by Gasteiger charge is -2.25. The van der Waals surface area contributed by atoms with Crippen molar-refractivity contribution in [3.05, 3.63) is 29.8 Å². The van der Waals surface area contributed by atoms with Crippen LogP contribution in [-0.4, -0.2) is 54.3 Å². The van der Waals surface area contributed by atoms with Crippen LogP contribution in [0.5, 0.6) is 5.75 Å². The van der Waals surface area contributed by atoms with Crippen LogP contribution >= 0.6 is 11.8 Å². The van der Waals surface area contributed by atoms with E-state index in [0.29, 0.717) is 12.6 Å². The molecule has 0 unspecified atom stereocenters. The number of hydrogen-bond acceptors (Lipinski definition) is 5. The molecule has 0 spiro atoms. The quantitative estimate of drug-likeness (QED) is 0.640. The number of thioether (sulfide) groups is 1. The number of ether oxygens (including phenoxy) is 1. The molecule has 0 aromatic heterocycles. The van der Waals surface area contributed by atoms with Crippen molar-refractivity contribution < 1.29 is 9.53 Å². The van der Waals surface area contributed by atoms with Crippen molar-refractivity contribution in [1.82, 2.24) is 10.3 Å². The van der Waals surface area contributed by atoms with E-state index in [4.69, 9.17) is 4.74 Å². The summed E-state index contributed by atoms with van der Waals surface area (Å²) in [4.78, 5) is 14.0. The third-order valence-electron chi connectivity index (χ3n) is 4.01. The predicted octanol–water partition coefficient (Wildman–Crippen LogP) is 2.12. The fraction of sp³-hybridized carbons (Fsp3) is 0.529. The van der Waals surface area contributed by atoms with Crippen molar-refractivity contribution in [2.75, 3.05) is 31.1 Å². The van der Waals surface area contributed by atoms with Gasteiger partial charge in [-0.15, -0.1) is 0 Å². The Balaban J connectivity index is 1.40. The van der Waals surface area contributed by atoms with Gasteiger partial charge in [0.1, 0.15) is 11.9 Å². The highest BCUT2D eigenvalue weighted by atomic mass is 32.2. The molecule has 5 nitrogen and oxygen atoms in total. The van der Waals surface area contributed by atoms with Crippen molar-refractivity contribution in [2.45, 2.75) is 25.4 Å². The third kappa shape index (κ3) is 5.25. The topological polar surface area (TPSA) is 53.9 Å². The molecule has 2 aliphatic heterocycles. The van der Waals surface area contributed by atoms with Crippen LogP contribution in [-0.2, 0) is 4.79 Å². The number of rotatable bonds is 6. The molecule has 2 aliphatic rings. The average Bonchev–Trinajstić information content (AvgIpc) is 2.53. The van der Waals surface area contributed by atoms with Crippen molar-refractivity contribution in [3.63, 3.8) is 0 Å². The number of hydrogen-bond donors (Lipinski definition) is 1. The molecule has 2 heterocycles. The molecule has 0 saturated carbocycles. The average molecular weight is 333 g/mol. The zero-order valence-electron chi connectivity index (χ0n) is 13.2. The molecule has 1 aromatic carbocycles. The SMILES string of the molecule is O=C(CN1CCCCC1)N/N=C/c1ccc(OC2CSC2)cc1. The van der Waals surface area contributed by atoms with Crippen molar-refractivity contribution >= 4 is 23.9 Å². The Morgan fingerprint density at radius 2 is 2.00 bits per heavy atom. The molecule has 3 rings (SSSR count). The van der Waals surface area contributed by atoms with Gasteiger partial charge in [0.05, 0.1) is 12.8 Å².